The Bertz CT molecular complexity index is 615. The molecular weight excluding hydrogens is 298 g/mol. The number of aromatic hydroxyl groups is 1. The third-order valence-electron chi connectivity index (χ3n) is 4.84. The van der Waals surface area contributed by atoms with Gasteiger partial charge in [-0.05, 0) is 30.5 Å². The Morgan fingerprint density at radius 1 is 1.09 bits per heavy atom. The van der Waals surface area contributed by atoms with Crippen molar-refractivity contribution in [1.82, 2.24) is 4.90 Å². The van der Waals surface area contributed by atoms with Crippen molar-refractivity contribution in [3.63, 3.8) is 0 Å². The number of nitrogens with zero attached hydrogens (tertiary/aromatic N) is 1. The summed E-state index contributed by atoms with van der Waals surface area (Å²) >= 11 is 0. The van der Waals surface area contributed by atoms with Crippen molar-refractivity contribution in [1.29, 1.82) is 0 Å². The summed E-state index contributed by atoms with van der Waals surface area (Å²) < 4.78 is 0. The second-order valence-corrected chi connectivity index (χ2v) is 6.27. The Morgan fingerprint density at radius 2 is 1.61 bits per heavy atom. The highest BCUT2D eigenvalue weighted by Crippen LogP contribution is 2.39. The fraction of sp³-hybridized carbons (Fsp3) is 0.471. The van der Waals surface area contributed by atoms with Gasteiger partial charge in [0.25, 0.3) is 0 Å². The van der Waals surface area contributed by atoms with Crippen LogP contribution in [0.25, 0.3) is 0 Å². The van der Waals surface area contributed by atoms with Crippen LogP contribution in [0.4, 0.5) is 0 Å². The van der Waals surface area contributed by atoms with Gasteiger partial charge in [0.1, 0.15) is 11.8 Å². The van der Waals surface area contributed by atoms with E-state index in [1.807, 2.05) is 0 Å². The molecule has 0 spiro atoms. The number of rotatable bonds is 4. The summed E-state index contributed by atoms with van der Waals surface area (Å²) in [5.74, 6) is -2.48. The average molecular weight is 317 g/mol. The molecule has 2 N–H and O–H groups in total. The zero-order chi connectivity index (χ0) is 16.6. The van der Waals surface area contributed by atoms with E-state index >= 15 is 0 Å². The minimum atomic E-state index is -1.19. The van der Waals surface area contributed by atoms with Crippen LogP contribution in [0.5, 0.6) is 5.75 Å². The van der Waals surface area contributed by atoms with E-state index in [9.17, 15) is 24.6 Å². The molecular formula is C17H19NO5. The Labute approximate surface area is 133 Å². The Balaban J connectivity index is 1.85. The molecule has 1 aliphatic carbocycles. The minimum absolute atomic E-state index is 0.0481. The molecule has 23 heavy (non-hydrogen) atoms. The number of carboxylic acids is 1. The molecule has 0 aromatic heterocycles. The minimum Gasteiger partial charge on any atom is -0.508 e. The van der Waals surface area contributed by atoms with Crippen LogP contribution in [0.2, 0.25) is 0 Å². The van der Waals surface area contributed by atoms with Gasteiger partial charge in [-0.25, -0.2) is 4.79 Å². The predicted molar refractivity (Wildman–Crippen MR) is 80.5 cm³/mol. The van der Waals surface area contributed by atoms with Gasteiger partial charge in [0.05, 0.1) is 11.8 Å². The summed E-state index contributed by atoms with van der Waals surface area (Å²) in [7, 11) is 0. The van der Waals surface area contributed by atoms with Gasteiger partial charge in [-0.2, -0.15) is 0 Å². The maximum Gasteiger partial charge on any atom is 0.327 e. The standard InChI is InChI=1S/C17H19NO5/c19-11-7-5-10(6-8-11)9-14(17(22)23)18-15(20)12-3-1-2-4-13(12)16(18)21/h5-8,12-14,19H,1-4,9H2,(H,22,23)/t12-,13+,14-/m0/s1. The fourth-order valence-electron chi connectivity index (χ4n) is 3.64. The molecule has 2 amide bonds. The molecule has 6 heteroatoms. The molecule has 0 unspecified atom stereocenters. The molecule has 1 aromatic rings. The topological polar surface area (TPSA) is 94.9 Å². The normalized spacial score (nSPS) is 25.3. The van der Waals surface area contributed by atoms with Crippen molar-refractivity contribution < 1.29 is 24.6 Å². The zero-order valence-electron chi connectivity index (χ0n) is 12.6. The van der Waals surface area contributed by atoms with Gasteiger partial charge in [0, 0.05) is 6.42 Å². The molecule has 0 radical (unpaired) electrons. The summed E-state index contributed by atoms with van der Waals surface area (Å²) in [4.78, 5) is 37.7. The lowest BCUT2D eigenvalue weighted by Crippen LogP contribution is -2.46. The lowest BCUT2D eigenvalue weighted by Gasteiger charge is -2.23. The number of hydrogen-bond acceptors (Lipinski definition) is 4. The second-order valence-electron chi connectivity index (χ2n) is 6.27. The lowest BCUT2D eigenvalue weighted by atomic mass is 9.81. The number of hydrogen-bond donors (Lipinski definition) is 2. The number of likely N-dealkylation sites (tertiary alicyclic amines) is 1. The molecule has 1 aliphatic heterocycles. The van der Waals surface area contributed by atoms with Gasteiger partial charge in [0.15, 0.2) is 0 Å². The van der Waals surface area contributed by atoms with Gasteiger partial charge in [0.2, 0.25) is 11.8 Å². The first-order valence-electron chi connectivity index (χ1n) is 7.86. The number of benzene rings is 1. The second kappa shape index (κ2) is 6.02. The predicted octanol–water partition coefficient (Wildman–Crippen LogP) is 1.56. The molecule has 0 bridgehead atoms. The molecule has 1 saturated carbocycles. The third kappa shape index (κ3) is 2.81. The molecule has 1 heterocycles. The maximum absolute atomic E-state index is 12.5. The summed E-state index contributed by atoms with van der Waals surface area (Å²) in [6, 6.07) is 4.93. The van der Waals surface area contributed by atoms with Crippen molar-refractivity contribution >= 4 is 17.8 Å². The summed E-state index contributed by atoms with van der Waals surface area (Å²) in [6.45, 7) is 0. The van der Waals surface area contributed by atoms with Gasteiger partial charge in [-0.15, -0.1) is 0 Å². The zero-order valence-corrected chi connectivity index (χ0v) is 12.6. The largest absolute Gasteiger partial charge is 0.508 e. The SMILES string of the molecule is O=C(O)[C@H](Cc1ccc(O)cc1)N1C(=O)[C@H]2CCCC[C@H]2C1=O. The first-order valence-corrected chi connectivity index (χ1v) is 7.86. The molecule has 3 rings (SSSR count). The average Bonchev–Trinajstić information content (AvgIpc) is 2.79. The van der Waals surface area contributed by atoms with E-state index in [2.05, 4.69) is 0 Å². The van der Waals surface area contributed by atoms with Crippen LogP contribution in [-0.4, -0.2) is 38.9 Å². The number of carbonyl (C=O) groups is 3. The number of carboxylic acid groups (broad SMARTS) is 1. The molecule has 1 saturated heterocycles. The van der Waals surface area contributed by atoms with E-state index in [-0.39, 0.29) is 35.8 Å². The number of imide groups is 1. The highest BCUT2D eigenvalue weighted by Gasteiger charge is 2.51. The maximum atomic E-state index is 12.5. The van der Waals surface area contributed by atoms with Crippen molar-refractivity contribution in [2.75, 3.05) is 0 Å². The van der Waals surface area contributed by atoms with Crippen LogP contribution in [0.3, 0.4) is 0 Å². The van der Waals surface area contributed by atoms with Gasteiger partial charge < -0.3 is 10.2 Å². The molecule has 6 nitrogen and oxygen atoms in total. The van der Waals surface area contributed by atoms with Crippen molar-refractivity contribution in [2.45, 2.75) is 38.1 Å². The first-order chi connectivity index (χ1) is 11.0. The highest BCUT2D eigenvalue weighted by molar-refractivity contribution is 6.07. The monoisotopic (exact) mass is 317 g/mol. The van der Waals surface area contributed by atoms with E-state index in [1.54, 1.807) is 12.1 Å². The van der Waals surface area contributed by atoms with Gasteiger partial charge in [-0.1, -0.05) is 25.0 Å². The fourth-order valence-corrected chi connectivity index (χ4v) is 3.64. The molecule has 122 valence electrons. The summed E-state index contributed by atoms with van der Waals surface area (Å²) in [6.07, 6.45) is 3.19. The quantitative estimate of drug-likeness (QED) is 0.822. The number of fused-ring (bicyclic) bond motifs is 1. The molecule has 3 atom stereocenters. The van der Waals surface area contributed by atoms with Crippen LogP contribution in [0.15, 0.2) is 24.3 Å². The number of carbonyl (C=O) groups excluding carboxylic acids is 2. The lowest BCUT2D eigenvalue weighted by molar-refractivity contribution is -0.155. The summed E-state index contributed by atoms with van der Waals surface area (Å²) in [5.41, 5.74) is 0.658. The third-order valence-corrected chi connectivity index (χ3v) is 4.84. The van der Waals surface area contributed by atoms with Crippen LogP contribution >= 0.6 is 0 Å². The van der Waals surface area contributed by atoms with Gasteiger partial charge in [-0.3, -0.25) is 14.5 Å². The van der Waals surface area contributed by atoms with E-state index in [4.69, 9.17) is 0 Å². The van der Waals surface area contributed by atoms with Crippen LogP contribution < -0.4 is 0 Å². The first kappa shape index (κ1) is 15.5. The van der Waals surface area contributed by atoms with Gasteiger partial charge >= 0.3 is 5.97 Å². The van der Waals surface area contributed by atoms with E-state index in [0.29, 0.717) is 18.4 Å². The Hall–Kier alpha value is -2.37. The Kier molecular flexibility index (Phi) is 4.07. The van der Waals surface area contributed by atoms with Crippen molar-refractivity contribution in [3.8, 4) is 5.75 Å². The molecule has 1 aromatic carbocycles. The number of amides is 2. The van der Waals surface area contributed by atoms with Crippen LogP contribution in [0.1, 0.15) is 31.2 Å². The van der Waals surface area contributed by atoms with Crippen LogP contribution in [0, 0.1) is 11.8 Å². The van der Waals surface area contributed by atoms with E-state index < -0.39 is 12.0 Å². The highest BCUT2D eigenvalue weighted by atomic mass is 16.4. The molecule has 2 aliphatic rings. The smallest absolute Gasteiger partial charge is 0.327 e. The Morgan fingerprint density at radius 3 is 2.09 bits per heavy atom. The van der Waals surface area contributed by atoms with E-state index in [0.717, 1.165) is 17.7 Å². The molecule has 2 fully saturated rings. The number of phenols is 1. The number of aliphatic carboxylic acids is 1. The van der Waals surface area contributed by atoms with Crippen molar-refractivity contribution in [3.05, 3.63) is 29.8 Å². The van der Waals surface area contributed by atoms with Crippen LogP contribution in [-0.2, 0) is 20.8 Å². The number of phenolic OH excluding ortho intramolecular Hbond substituents is 1. The summed E-state index contributed by atoms with van der Waals surface area (Å²) in [5, 5.41) is 18.8. The van der Waals surface area contributed by atoms with E-state index in [1.165, 1.54) is 12.1 Å². The van der Waals surface area contributed by atoms with Crippen molar-refractivity contribution in [2.24, 2.45) is 11.8 Å².